The zero-order valence-corrected chi connectivity index (χ0v) is 11.1. The lowest BCUT2D eigenvalue weighted by atomic mass is 10.1. The van der Waals surface area contributed by atoms with Crippen molar-refractivity contribution in [1.29, 1.82) is 0 Å². The maximum absolute atomic E-state index is 11.0. The smallest absolute Gasteiger partial charge is 0.335 e. The van der Waals surface area contributed by atoms with E-state index in [0.29, 0.717) is 6.42 Å². The highest BCUT2D eigenvalue weighted by Crippen LogP contribution is 2.28. The summed E-state index contributed by atoms with van der Waals surface area (Å²) < 4.78 is 5.40. The quantitative estimate of drug-likeness (QED) is 0.651. The minimum atomic E-state index is -1.21. The van der Waals surface area contributed by atoms with Crippen molar-refractivity contribution in [3.05, 3.63) is 69.8 Å². The lowest BCUT2D eigenvalue weighted by Crippen LogP contribution is -2.05. The second-order valence-electron chi connectivity index (χ2n) is 4.33. The van der Waals surface area contributed by atoms with Crippen LogP contribution in [0.1, 0.15) is 15.9 Å². The third kappa shape index (κ3) is 3.79. The fraction of sp³-hybridized carbons (Fsp3) is 0.133. The number of hydrogen-bond donors (Lipinski definition) is 1. The average molecular weight is 287 g/mol. The molecule has 6 nitrogen and oxygen atoms in total. The van der Waals surface area contributed by atoms with Crippen LogP contribution in [0.2, 0.25) is 0 Å². The number of carboxylic acids is 1. The van der Waals surface area contributed by atoms with Crippen molar-refractivity contribution in [2.24, 2.45) is 0 Å². The molecule has 0 radical (unpaired) electrons. The standard InChI is InChI=1S/C15H13NO5/c17-15(18)12-6-7-14(13(10-12)16(19)20)21-9-8-11-4-2-1-3-5-11/h1-7,10H,8-9H2,(H,17,18). The summed E-state index contributed by atoms with van der Waals surface area (Å²) >= 11 is 0. The van der Waals surface area contributed by atoms with Gasteiger partial charge < -0.3 is 9.84 Å². The fourth-order valence-corrected chi connectivity index (χ4v) is 1.84. The summed E-state index contributed by atoms with van der Waals surface area (Å²) in [5.74, 6) is -1.14. The van der Waals surface area contributed by atoms with Crippen molar-refractivity contribution >= 4 is 11.7 Å². The van der Waals surface area contributed by atoms with Crippen molar-refractivity contribution in [1.82, 2.24) is 0 Å². The van der Waals surface area contributed by atoms with Crippen molar-refractivity contribution in [3.63, 3.8) is 0 Å². The molecule has 0 amide bonds. The Hall–Kier alpha value is -2.89. The fourth-order valence-electron chi connectivity index (χ4n) is 1.84. The molecule has 0 heterocycles. The molecule has 6 heteroatoms. The van der Waals surface area contributed by atoms with Gasteiger partial charge in [0.2, 0.25) is 0 Å². The molecule has 0 aliphatic rings. The molecule has 2 aromatic rings. The third-order valence-electron chi connectivity index (χ3n) is 2.89. The first-order valence-corrected chi connectivity index (χ1v) is 6.26. The number of benzene rings is 2. The molecule has 21 heavy (non-hydrogen) atoms. The highest BCUT2D eigenvalue weighted by Gasteiger charge is 2.18. The molecule has 0 unspecified atom stereocenters. The summed E-state index contributed by atoms with van der Waals surface area (Å²) in [6.45, 7) is 0.275. The van der Waals surface area contributed by atoms with Gasteiger partial charge in [-0.15, -0.1) is 0 Å². The number of nitro groups is 1. The molecule has 0 saturated heterocycles. The Morgan fingerprint density at radius 3 is 2.52 bits per heavy atom. The van der Waals surface area contributed by atoms with E-state index in [1.807, 2.05) is 30.3 Å². The summed E-state index contributed by atoms with van der Waals surface area (Å²) in [6.07, 6.45) is 0.610. The van der Waals surface area contributed by atoms with Gasteiger partial charge >= 0.3 is 11.7 Å². The Labute approximate surface area is 120 Å². The van der Waals surface area contributed by atoms with E-state index in [4.69, 9.17) is 9.84 Å². The highest BCUT2D eigenvalue weighted by molar-refractivity contribution is 5.88. The molecule has 0 aliphatic carbocycles. The minimum Gasteiger partial charge on any atom is -0.486 e. The van der Waals surface area contributed by atoms with Crippen molar-refractivity contribution in [3.8, 4) is 5.75 Å². The first-order valence-electron chi connectivity index (χ1n) is 6.26. The topological polar surface area (TPSA) is 89.7 Å². The van der Waals surface area contributed by atoms with E-state index < -0.39 is 10.9 Å². The Kier molecular flexibility index (Phi) is 4.50. The van der Waals surface area contributed by atoms with Crippen LogP contribution in [0, 0.1) is 10.1 Å². The Bertz CT molecular complexity index is 654. The van der Waals surface area contributed by atoms with Gasteiger partial charge in [-0.05, 0) is 17.7 Å². The number of hydrogen-bond acceptors (Lipinski definition) is 4. The van der Waals surface area contributed by atoms with Gasteiger partial charge in [-0.2, -0.15) is 0 Å². The molecule has 0 bridgehead atoms. The van der Waals surface area contributed by atoms with Gasteiger partial charge in [0.15, 0.2) is 5.75 Å². The Morgan fingerprint density at radius 2 is 1.90 bits per heavy atom. The van der Waals surface area contributed by atoms with Gasteiger partial charge in [0, 0.05) is 12.5 Å². The van der Waals surface area contributed by atoms with E-state index in [0.717, 1.165) is 11.6 Å². The highest BCUT2D eigenvalue weighted by atomic mass is 16.6. The predicted molar refractivity (Wildman–Crippen MR) is 75.7 cm³/mol. The van der Waals surface area contributed by atoms with Crippen LogP contribution >= 0.6 is 0 Å². The lowest BCUT2D eigenvalue weighted by molar-refractivity contribution is -0.385. The van der Waals surface area contributed by atoms with Gasteiger partial charge in [-0.3, -0.25) is 10.1 Å². The lowest BCUT2D eigenvalue weighted by Gasteiger charge is -2.07. The molecule has 108 valence electrons. The normalized spacial score (nSPS) is 10.1. The van der Waals surface area contributed by atoms with Crippen molar-refractivity contribution < 1.29 is 19.6 Å². The maximum atomic E-state index is 11.0. The molecular weight excluding hydrogens is 274 g/mol. The van der Waals surface area contributed by atoms with Gasteiger partial charge in [0.05, 0.1) is 17.1 Å². The van der Waals surface area contributed by atoms with Crippen LogP contribution < -0.4 is 4.74 Å². The van der Waals surface area contributed by atoms with E-state index in [1.54, 1.807) is 0 Å². The number of carbonyl (C=O) groups is 1. The van der Waals surface area contributed by atoms with Crippen LogP contribution in [0.3, 0.4) is 0 Å². The van der Waals surface area contributed by atoms with E-state index >= 15 is 0 Å². The number of aromatic carboxylic acids is 1. The van der Waals surface area contributed by atoms with Gasteiger partial charge in [0.1, 0.15) is 0 Å². The predicted octanol–water partition coefficient (Wildman–Crippen LogP) is 2.91. The monoisotopic (exact) mass is 287 g/mol. The van der Waals surface area contributed by atoms with Crippen LogP contribution in [0.15, 0.2) is 48.5 Å². The van der Waals surface area contributed by atoms with E-state index in [1.165, 1.54) is 12.1 Å². The average Bonchev–Trinajstić information content (AvgIpc) is 2.48. The van der Waals surface area contributed by atoms with E-state index in [9.17, 15) is 14.9 Å². The largest absolute Gasteiger partial charge is 0.486 e. The first-order chi connectivity index (χ1) is 10.1. The number of ether oxygens (including phenoxy) is 1. The number of nitro benzene ring substituents is 1. The number of carboxylic acid groups (broad SMARTS) is 1. The second kappa shape index (κ2) is 6.51. The molecular formula is C15H13NO5. The van der Waals surface area contributed by atoms with Crippen LogP contribution in [-0.2, 0) is 6.42 Å². The minimum absolute atomic E-state index is 0.0703. The zero-order valence-electron chi connectivity index (χ0n) is 11.1. The molecule has 0 fully saturated rings. The number of rotatable bonds is 6. The van der Waals surface area contributed by atoms with Crippen molar-refractivity contribution in [2.45, 2.75) is 6.42 Å². The summed E-state index contributed by atoms with van der Waals surface area (Å²) in [7, 11) is 0. The van der Waals surface area contributed by atoms with Gasteiger partial charge in [0.25, 0.3) is 0 Å². The summed E-state index contributed by atoms with van der Waals surface area (Å²) in [5, 5.41) is 19.8. The van der Waals surface area contributed by atoms with Crippen molar-refractivity contribution in [2.75, 3.05) is 6.61 Å². The SMILES string of the molecule is O=C(O)c1ccc(OCCc2ccccc2)c([N+](=O)[O-])c1. The van der Waals surface area contributed by atoms with Crippen LogP contribution in [-0.4, -0.2) is 22.6 Å². The summed E-state index contributed by atoms with van der Waals surface area (Å²) in [4.78, 5) is 21.1. The van der Waals surface area contributed by atoms with Crippen LogP contribution in [0.5, 0.6) is 5.75 Å². The molecule has 2 aromatic carbocycles. The van der Waals surface area contributed by atoms with Crippen LogP contribution in [0.25, 0.3) is 0 Å². The Morgan fingerprint density at radius 1 is 1.19 bits per heavy atom. The second-order valence-corrected chi connectivity index (χ2v) is 4.33. The van der Waals surface area contributed by atoms with Crippen LogP contribution in [0.4, 0.5) is 5.69 Å². The van der Waals surface area contributed by atoms with E-state index in [2.05, 4.69) is 0 Å². The van der Waals surface area contributed by atoms with E-state index in [-0.39, 0.29) is 23.6 Å². The summed E-state index contributed by atoms with van der Waals surface area (Å²) in [5.41, 5.74) is 0.572. The molecule has 0 saturated carbocycles. The third-order valence-corrected chi connectivity index (χ3v) is 2.89. The molecule has 0 aromatic heterocycles. The molecule has 0 spiro atoms. The molecule has 2 rings (SSSR count). The molecule has 1 N–H and O–H groups in total. The maximum Gasteiger partial charge on any atom is 0.335 e. The molecule has 0 aliphatic heterocycles. The van der Waals surface area contributed by atoms with Gasteiger partial charge in [-0.1, -0.05) is 30.3 Å². The zero-order chi connectivity index (χ0) is 15.2. The Balaban J connectivity index is 2.09. The van der Waals surface area contributed by atoms with Gasteiger partial charge in [-0.25, -0.2) is 4.79 Å². The number of nitrogens with zero attached hydrogens (tertiary/aromatic N) is 1. The molecule has 0 atom stereocenters. The summed E-state index contributed by atoms with van der Waals surface area (Å²) in [6, 6.07) is 13.2. The first kappa shape index (κ1) is 14.5.